The maximum atomic E-state index is 8.86. The zero-order chi connectivity index (χ0) is 8.39. The summed E-state index contributed by atoms with van der Waals surface area (Å²) in [5.74, 6) is 0. The first-order chi connectivity index (χ1) is 5.86. The largest absolute Gasteiger partial charge is 0.478 e. The fourth-order valence-corrected chi connectivity index (χ4v) is 0.910. The molecule has 2 aromatic rings. The lowest BCUT2D eigenvalue weighted by atomic mass is 10.3. The molecule has 2 rings (SSSR count). The monoisotopic (exact) mass is 160 g/mol. The maximum Gasteiger partial charge on any atom is 0.333 e. The molecule has 12 heavy (non-hydrogen) atoms. The fourth-order valence-electron chi connectivity index (χ4n) is 0.910. The van der Waals surface area contributed by atoms with Crippen molar-refractivity contribution in [1.29, 1.82) is 0 Å². The summed E-state index contributed by atoms with van der Waals surface area (Å²) in [4.78, 5) is 3.59. The van der Waals surface area contributed by atoms with Crippen molar-refractivity contribution in [2.75, 3.05) is 0 Å². The van der Waals surface area contributed by atoms with Crippen LogP contribution >= 0.6 is 0 Å². The zero-order valence-corrected chi connectivity index (χ0v) is 6.18. The van der Waals surface area contributed by atoms with Gasteiger partial charge in [-0.3, -0.25) is 0 Å². The summed E-state index contributed by atoms with van der Waals surface area (Å²) < 4.78 is 1.49. The van der Waals surface area contributed by atoms with Crippen LogP contribution in [-0.2, 0) is 0 Å². The Labute approximate surface area is 69.1 Å². The predicted molar refractivity (Wildman–Crippen MR) is 41.9 cm³/mol. The van der Waals surface area contributed by atoms with Crippen LogP contribution in [0.15, 0.2) is 30.6 Å². The summed E-state index contributed by atoms with van der Waals surface area (Å²) in [5, 5.41) is 12.6. The lowest BCUT2D eigenvalue weighted by Crippen LogP contribution is -1.92. The van der Waals surface area contributed by atoms with Gasteiger partial charge in [-0.15, -0.1) is 5.10 Å². The molecule has 1 radical (unpaired) electrons. The van der Waals surface area contributed by atoms with Gasteiger partial charge in [0, 0.05) is 0 Å². The molecule has 0 unspecified atom stereocenters. The normalized spacial score (nSPS) is 10.0. The van der Waals surface area contributed by atoms with Crippen molar-refractivity contribution in [3.63, 3.8) is 0 Å². The minimum Gasteiger partial charge on any atom is -0.478 e. The highest BCUT2D eigenvalue weighted by molar-refractivity contribution is 5.28. The predicted octanol–water partition coefficient (Wildman–Crippen LogP) is 0.773. The molecule has 0 bridgehead atoms. The van der Waals surface area contributed by atoms with Crippen LogP contribution in [0.1, 0.15) is 0 Å². The second kappa shape index (κ2) is 2.65. The van der Waals surface area contributed by atoms with Crippen molar-refractivity contribution >= 4 is 0 Å². The molecule has 0 saturated carbocycles. The number of aromatic nitrogens is 3. The standard InChI is InChI=1S/C8H6N3O/c12-8-9-6-11(10-8)7-4-2-1-3-5-7/h2-6H,(H,10,12). The van der Waals surface area contributed by atoms with Crippen molar-refractivity contribution in [1.82, 2.24) is 14.8 Å². The van der Waals surface area contributed by atoms with Crippen LogP contribution in [0.3, 0.4) is 0 Å². The van der Waals surface area contributed by atoms with Crippen molar-refractivity contribution in [3.05, 3.63) is 36.7 Å². The first kappa shape index (κ1) is 6.84. The Morgan fingerprint density at radius 3 is 2.67 bits per heavy atom. The van der Waals surface area contributed by atoms with E-state index in [0.717, 1.165) is 5.69 Å². The Kier molecular flexibility index (Phi) is 1.51. The minimum atomic E-state index is -0.220. The average Bonchev–Trinajstić information content (AvgIpc) is 2.54. The van der Waals surface area contributed by atoms with Crippen LogP contribution in [0, 0.1) is 6.07 Å². The van der Waals surface area contributed by atoms with Crippen LogP contribution in [0.4, 0.5) is 0 Å². The molecule has 4 nitrogen and oxygen atoms in total. The molecular weight excluding hydrogens is 154 g/mol. The molecule has 0 amide bonds. The Hall–Kier alpha value is -1.84. The van der Waals surface area contributed by atoms with E-state index in [4.69, 9.17) is 5.11 Å². The molecule has 0 aliphatic carbocycles. The highest BCUT2D eigenvalue weighted by atomic mass is 16.3. The lowest BCUT2D eigenvalue weighted by Gasteiger charge is -1.96. The van der Waals surface area contributed by atoms with Crippen molar-refractivity contribution in [3.8, 4) is 11.7 Å². The fraction of sp³-hybridized carbons (Fsp3) is 0. The molecule has 0 fully saturated rings. The molecule has 1 aromatic heterocycles. The minimum absolute atomic E-state index is 0.220. The summed E-state index contributed by atoms with van der Waals surface area (Å²) in [6.07, 6.45) is 1.45. The van der Waals surface area contributed by atoms with Gasteiger partial charge in [0.2, 0.25) is 0 Å². The van der Waals surface area contributed by atoms with Gasteiger partial charge in [-0.2, -0.15) is 4.98 Å². The molecule has 0 saturated heterocycles. The van der Waals surface area contributed by atoms with E-state index in [9.17, 15) is 0 Å². The van der Waals surface area contributed by atoms with E-state index < -0.39 is 0 Å². The second-order valence-electron chi connectivity index (χ2n) is 2.25. The van der Waals surface area contributed by atoms with Gasteiger partial charge in [-0.05, 0) is 18.2 Å². The number of aromatic hydroxyl groups is 1. The average molecular weight is 160 g/mol. The SMILES string of the molecule is Oc1ncn(-c2cc[c]cc2)n1. The van der Waals surface area contributed by atoms with E-state index in [1.165, 1.54) is 11.0 Å². The molecule has 1 heterocycles. The molecule has 4 heteroatoms. The molecule has 0 aliphatic rings. The van der Waals surface area contributed by atoms with E-state index in [0.29, 0.717) is 0 Å². The number of nitrogens with zero attached hydrogens (tertiary/aromatic N) is 3. The van der Waals surface area contributed by atoms with Gasteiger partial charge in [0.05, 0.1) is 5.69 Å². The van der Waals surface area contributed by atoms with Gasteiger partial charge in [-0.1, -0.05) is 12.1 Å². The van der Waals surface area contributed by atoms with Gasteiger partial charge in [0.25, 0.3) is 0 Å². The Bertz CT molecular complexity index is 369. The summed E-state index contributed by atoms with van der Waals surface area (Å²) in [6.45, 7) is 0. The van der Waals surface area contributed by atoms with E-state index in [1.54, 1.807) is 12.1 Å². The number of hydrogen-bond donors (Lipinski definition) is 1. The smallest absolute Gasteiger partial charge is 0.333 e. The lowest BCUT2D eigenvalue weighted by molar-refractivity contribution is 0.430. The van der Waals surface area contributed by atoms with E-state index in [2.05, 4.69) is 16.1 Å². The van der Waals surface area contributed by atoms with Gasteiger partial charge in [-0.25, -0.2) is 4.68 Å². The summed E-state index contributed by atoms with van der Waals surface area (Å²) in [5.41, 5.74) is 0.849. The number of rotatable bonds is 1. The van der Waals surface area contributed by atoms with Crippen LogP contribution < -0.4 is 0 Å². The summed E-state index contributed by atoms with van der Waals surface area (Å²) >= 11 is 0. The van der Waals surface area contributed by atoms with Crippen LogP contribution in [0.2, 0.25) is 0 Å². The van der Waals surface area contributed by atoms with E-state index in [1.807, 2.05) is 12.1 Å². The van der Waals surface area contributed by atoms with Crippen LogP contribution in [-0.4, -0.2) is 19.9 Å². The van der Waals surface area contributed by atoms with Crippen LogP contribution in [0.25, 0.3) is 5.69 Å². The third-order valence-electron chi connectivity index (χ3n) is 1.44. The van der Waals surface area contributed by atoms with Gasteiger partial charge in [0.15, 0.2) is 0 Å². The topological polar surface area (TPSA) is 50.9 Å². The van der Waals surface area contributed by atoms with Crippen molar-refractivity contribution in [2.45, 2.75) is 0 Å². The molecule has 0 aliphatic heterocycles. The third kappa shape index (κ3) is 1.14. The molecule has 0 atom stereocenters. The van der Waals surface area contributed by atoms with Crippen molar-refractivity contribution < 1.29 is 5.11 Å². The highest BCUT2D eigenvalue weighted by Crippen LogP contribution is 2.05. The first-order valence-electron chi connectivity index (χ1n) is 3.43. The maximum absolute atomic E-state index is 8.86. The number of benzene rings is 1. The summed E-state index contributed by atoms with van der Waals surface area (Å²) in [6, 6.07) is 9.86. The van der Waals surface area contributed by atoms with E-state index >= 15 is 0 Å². The third-order valence-corrected chi connectivity index (χ3v) is 1.44. The molecule has 1 N–H and O–H groups in total. The van der Waals surface area contributed by atoms with Gasteiger partial charge >= 0.3 is 6.01 Å². The van der Waals surface area contributed by atoms with Gasteiger partial charge in [0.1, 0.15) is 6.33 Å². The summed E-state index contributed by atoms with van der Waals surface area (Å²) in [7, 11) is 0. The molecule has 1 aromatic carbocycles. The molecule has 59 valence electrons. The van der Waals surface area contributed by atoms with Crippen molar-refractivity contribution in [2.24, 2.45) is 0 Å². The second-order valence-corrected chi connectivity index (χ2v) is 2.25. The zero-order valence-electron chi connectivity index (χ0n) is 6.18. The quantitative estimate of drug-likeness (QED) is 0.670. The first-order valence-corrected chi connectivity index (χ1v) is 3.43. The Morgan fingerprint density at radius 2 is 2.08 bits per heavy atom. The Balaban J connectivity index is 2.45. The molecule has 0 spiro atoms. The highest BCUT2D eigenvalue weighted by Gasteiger charge is 1.97. The van der Waals surface area contributed by atoms with Gasteiger partial charge < -0.3 is 5.11 Å². The number of hydrogen-bond acceptors (Lipinski definition) is 3. The van der Waals surface area contributed by atoms with E-state index in [-0.39, 0.29) is 6.01 Å². The van der Waals surface area contributed by atoms with Crippen LogP contribution in [0.5, 0.6) is 6.01 Å². The Morgan fingerprint density at radius 1 is 1.33 bits per heavy atom. The molecular formula is C8H6N3O.